The van der Waals surface area contributed by atoms with Crippen LogP contribution in [0.15, 0.2) is 24.3 Å². The molecule has 0 bridgehead atoms. The highest BCUT2D eigenvalue weighted by Gasteiger charge is 2.43. The maximum Gasteiger partial charge on any atom is 0.253 e. The Labute approximate surface area is 119 Å². The molecule has 0 aromatic heterocycles. The number of hydroxylamine groups is 2. The predicted molar refractivity (Wildman–Crippen MR) is 73.8 cm³/mol. The van der Waals surface area contributed by atoms with Crippen molar-refractivity contribution >= 4 is 5.91 Å². The molecular weight excluding hydrogens is 258 g/mol. The van der Waals surface area contributed by atoms with Crippen molar-refractivity contribution in [1.82, 2.24) is 5.06 Å². The standard InChI is InChI=1S/C15H21NO4/c1-10(2)14(17)13-8-16(15(13)18)20-9-11-4-6-12(19-3)7-5-11/h4-7,10,13-14,17H,8-9H2,1-3H3. The highest BCUT2D eigenvalue weighted by Crippen LogP contribution is 2.26. The summed E-state index contributed by atoms with van der Waals surface area (Å²) in [5.41, 5.74) is 0.964. The molecule has 0 saturated carbocycles. The van der Waals surface area contributed by atoms with Crippen LogP contribution in [0.2, 0.25) is 0 Å². The lowest BCUT2D eigenvalue weighted by Gasteiger charge is -2.40. The number of hydrogen-bond donors (Lipinski definition) is 1. The SMILES string of the molecule is COc1ccc(CON2CC(C(O)C(C)C)C2=O)cc1. The van der Waals surface area contributed by atoms with Gasteiger partial charge in [0.05, 0.1) is 25.7 Å². The van der Waals surface area contributed by atoms with Crippen LogP contribution in [-0.4, -0.2) is 35.8 Å². The van der Waals surface area contributed by atoms with Gasteiger partial charge in [0, 0.05) is 0 Å². The number of amides is 1. The minimum Gasteiger partial charge on any atom is -0.497 e. The maximum atomic E-state index is 11.9. The van der Waals surface area contributed by atoms with Crippen LogP contribution >= 0.6 is 0 Å². The third kappa shape index (κ3) is 3.11. The lowest BCUT2D eigenvalue weighted by molar-refractivity contribution is -0.235. The Morgan fingerprint density at radius 3 is 2.50 bits per heavy atom. The van der Waals surface area contributed by atoms with E-state index in [1.807, 2.05) is 38.1 Å². The number of β-lactam (4-membered cyclic amide) rings is 1. The first kappa shape index (κ1) is 14.8. The van der Waals surface area contributed by atoms with E-state index in [1.165, 1.54) is 5.06 Å². The van der Waals surface area contributed by atoms with Gasteiger partial charge in [-0.25, -0.2) is 5.06 Å². The number of benzene rings is 1. The molecule has 1 amide bonds. The summed E-state index contributed by atoms with van der Waals surface area (Å²) in [6, 6.07) is 7.48. The minimum atomic E-state index is -0.594. The molecular formula is C15H21NO4. The second-order valence-corrected chi connectivity index (χ2v) is 5.36. The molecule has 5 nitrogen and oxygen atoms in total. The lowest BCUT2D eigenvalue weighted by Crippen LogP contribution is -2.57. The molecule has 0 aliphatic carbocycles. The zero-order chi connectivity index (χ0) is 14.7. The summed E-state index contributed by atoms with van der Waals surface area (Å²) in [6.07, 6.45) is -0.594. The van der Waals surface area contributed by atoms with Crippen molar-refractivity contribution in [2.45, 2.75) is 26.6 Å². The monoisotopic (exact) mass is 279 g/mol. The molecule has 1 heterocycles. The van der Waals surface area contributed by atoms with Gasteiger partial charge in [0.25, 0.3) is 5.91 Å². The number of carbonyl (C=O) groups is 1. The fourth-order valence-corrected chi connectivity index (χ4v) is 2.13. The molecule has 1 fully saturated rings. The normalized spacial score (nSPS) is 19.9. The molecule has 1 aromatic carbocycles. The summed E-state index contributed by atoms with van der Waals surface area (Å²) >= 11 is 0. The van der Waals surface area contributed by atoms with E-state index in [0.717, 1.165) is 11.3 Å². The van der Waals surface area contributed by atoms with E-state index in [4.69, 9.17) is 9.57 Å². The van der Waals surface area contributed by atoms with Crippen LogP contribution in [0.5, 0.6) is 5.75 Å². The van der Waals surface area contributed by atoms with Gasteiger partial charge in [-0.2, -0.15) is 0 Å². The van der Waals surface area contributed by atoms with E-state index < -0.39 is 6.10 Å². The van der Waals surface area contributed by atoms with Gasteiger partial charge in [-0.3, -0.25) is 9.63 Å². The van der Waals surface area contributed by atoms with E-state index in [2.05, 4.69) is 0 Å². The van der Waals surface area contributed by atoms with E-state index >= 15 is 0 Å². The Morgan fingerprint density at radius 1 is 1.35 bits per heavy atom. The number of ether oxygens (including phenoxy) is 1. The predicted octanol–water partition coefficient (Wildman–Crippen LogP) is 1.60. The zero-order valence-corrected chi connectivity index (χ0v) is 12.1. The Kier molecular flexibility index (Phi) is 4.62. The molecule has 0 spiro atoms. The highest BCUT2D eigenvalue weighted by atomic mass is 16.7. The number of aliphatic hydroxyl groups excluding tert-OH is 1. The average molecular weight is 279 g/mol. The molecule has 2 atom stereocenters. The fraction of sp³-hybridized carbons (Fsp3) is 0.533. The van der Waals surface area contributed by atoms with Crippen molar-refractivity contribution in [3.63, 3.8) is 0 Å². The number of carbonyl (C=O) groups excluding carboxylic acids is 1. The van der Waals surface area contributed by atoms with E-state index in [1.54, 1.807) is 7.11 Å². The van der Waals surface area contributed by atoms with E-state index in [-0.39, 0.29) is 17.7 Å². The van der Waals surface area contributed by atoms with Gasteiger partial charge in [0.1, 0.15) is 12.4 Å². The molecule has 1 aromatic rings. The first-order chi connectivity index (χ1) is 9.52. The third-order valence-corrected chi connectivity index (χ3v) is 3.57. The molecule has 5 heteroatoms. The molecule has 1 aliphatic rings. The molecule has 20 heavy (non-hydrogen) atoms. The van der Waals surface area contributed by atoms with Gasteiger partial charge in [0.15, 0.2) is 0 Å². The van der Waals surface area contributed by atoms with Gasteiger partial charge < -0.3 is 9.84 Å². The topological polar surface area (TPSA) is 59.0 Å². The Bertz CT molecular complexity index is 457. The molecule has 110 valence electrons. The van der Waals surface area contributed by atoms with Crippen LogP contribution in [-0.2, 0) is 16.2 Å². The summed E-state index contributed by atoms with van der Waals surface area (Å²) in [7, 11) is 1.62. The van der Waals surface area contributed by atoms with Crippen molar-refractivity contribution in [1.29, 1.82) is 0 Å². The Morgan fingerprint density at radius 2 is 2.00 bits per heavy atom. The van der Waals surface area contributed by atoms with E-state index in [9.17, 15) is 9.90 Å². The first-order valence-corrected chi connectivity index (χ1v) is 6.78. The van der Waals surface area contributed by atoms with Crippen LogP contribution in [0.3, 0.4) is 0 Å². The van der Waals surface area contributed by atoms with Crippen LogP contribution in [0.1, 0.15) is 19.4 Å². The second kappa shape index (κ2) is 6.24. The number of hydrogen-bond acceptors (Lipinski definition) is 4. The zero-order valence-electron chi connectivity index (χ0n) is 12.1. The smallest absolute Gasteiger partial charge is 0.253 e. The Hall–Kier alpha value is -1.59. The summed E-state index contributed by atoms with van der Waals surface area (Å²) in [4.78, 5) is 17.3. The van der Waals surface area contributed by atoms with Crippen molar-refractivity contribution in [2.75, 3.05) is 13.7 Å². The fourth-order valence-electron chi connectivity index (χ4n) is 2.13. The van der Waals surface area contributed by atoms with Crippen LogP contribution in [0.25, 0.3) is 0 Å². The summed E-state index contributed by atoms with van der Waals surface area (Å²) < 4.78 is 5.07. The average Bonchev–Trinajstić information content (AvgIpc) is 2.45. The van der Waals surface area contributed by atoms with Crippen LogP contribution < -0.4 is 4.74 Å². The molecule has 2 unspecified atom stereocenters. The number of rotatable bonds is 6. The number of nitrogens with zero attached hydrogens (tertiary/aromatic N) is 1. The molecule has 1 N–H and O–H groups in total. The molecule has 1 aliphatic heterocycles. The van der Waals surface area contributed by atoms with Crippen molar-refractivity contribution in [3.05, 3.63) is 29.8 Å². The van der Waals surface area contributed by atoms with Crippen LogP contribution in [0, 0.1) is 11.8 Å². The summed E-state index contributed by atoms with van der Waals surface area (Å²) in [5.74, 6) is 0.396. The second-order valence-electron chi connectivity index (χ2n) is 5.36. The van der Waals surface area contributed by atoms with Crippen molar-refractivity contribution < 1.29 is 19.5 Å². The third-order valence-electron chi connectivity index (χ3n) is 3.57. The van der Waals surface area contributed by atoms with Crippen molar-refractivity contribution in [2.24, 2.45) is 11.8 Å². The largest absolute Gasteiger partial charge is 0.497 e. The summed E-state index contributed by atoms with van der Waals surface area (Å²) in [6.45, 7) is 4.59. The van der Waals surface area contributed by atoms with Gasteiger partial charge in [0.2, 0.25) is 0 Å². The van der Waals surface area contributed by atoms with Gasteiger partial charge in [-0.15, -0.1) is 0 Å². The Balaban J connectivity index is 1.80. The molecule has 2 rings (SSSR count). The molecule has 0 radical (unpaired) electrons. The maximum absolute atomic E-state index is 11.9. The van der Waals surface area contributed by atoms with Gasteiger partial charge in [-0.1, -0.05) is 26.0 Å². The van der Waals surface area contributed by atoms with Crippen molar-refractivity contribution in [3.8, 4) is 5.75 Å². The highest BCUT2D eigenvalue weighted by molar-refractivity contribution is 5.84. The van der Waals surface area contributed by atoms with E-state index in [0.29, 0.717) is 13.2 Å². The lowest BCUT2D eigenvalue weighted by atomic mass is 9.88. The van der Waals surface area contributed by atoms with Crippen LogP contribution in [0.4, 0.5) is 0 Å². The minimum absolute atomic E-state index is 0.0766. The summed E-state index contributed by atoms with van der Waals surface area (Å²) in [5, 5.41) is 11.2. The van der Waals surface area contributed by atoms with Gasteiger partial charge in [-0.05, 0) is 23.6 Å². The first-order valence-electron chi connectivity index (χ1n) is 6.78. The quantitative estimate of drug-likeness (QED) is 0.804. The van der Waals surface area contributed by atoms with Gasteiger partial charge >= 0.3 is 0 Å². The number of methoxy groups -OCH3 is 1. The number of aliphatic hydroxyl groups is 1. The molecule has 1 saturated heterocycles.